The average Bonchev–Trinajstić information content (AvgIpc) is 2.78. The molecule has 24 heavy (non-hydrogen) atoms. The molecule has 0 spiro atoms. The second-order valence-corrected chi connectivity index (χ2v) is 7.46. The zero-order chi connectivity index (χ0) is 16.5. The Morgan fingerprint density at radius 2 is 1.88 bits per heavy atom. The van der Waals surface area contributed by atoms with Gasteiger partial charge in [-0.1, -0.05) is 39.2 Å². The molecule has 0 amide bonds. The van der Waals surface area contributed by atoms with E-state index >= 15 is 0 Å². The van der Waals surface area contributed by atoms with E-state index in [-0.39, 0.29) is 0 Å². The number of hydrogen-bond donors (Lipinski definition) is 0. The minimum absolute atomic E-state index is 0.455. The van der Waals surface area contributed by atoms with Crippen LogP contribution in [0.3, 0.4) is 0 Å². The van der Waals surface area contributed by atoms with Crippen molar-refractivity contribution in [2.24, 2.45) is 4.99 Å². The Morgan fingerprint density at radius 1 is 1.12 bits per heavy atom. The molecule has 4 rings (SSSR count). The Kier molecular flexibility index (Phi) is 4.53. The first kappa shape index (κ1) is 16.0. The van der Waals surface area contributed by atoms with E-state index in [1.165, 1.54) is 5.69 Å². The van der Waals surface area contributed by atoms with Crippen LogP contribution >= 0.6 is 21.0 Å². The third kappa shape index (κ3) is 3.06. The number of nitrogens with zero attached hydrogens (tertiary/aromatic N) is 4. The van der Waals surface area contributed by atoms with Gasteiger partial charge in [-0.25, -0.2) is 0 Å². The van der Waals surface area contributed by atoms with Crippen molar-refractivity contribution in [2.75, 3.05) is 13.1 Å². The number of aliphatic imine (C=N–C) groups is 1. The zero-order valence-electron chi connectivity index (χ0n) is 13.4. The number of halogens is 1. The van der Waals surface area contributed by atoms with Crippen molar-refractivity contribution in [3.63, 3.8) is 0 Å². The molecule has 2 aliphatic heterocycles. The monoisotopic (exact) mass is 358 g/mol. The van der Waals surface area contributed by atoms with Gasteiger partial charge in [-0.05, 0) is 25.0 Å². The predicted molar refractivity (Wildman–Crippen MR) is 103 cm³/mol. The van der Waals surface area contributed by atoms with Crippen LogP contribution in [-0.2, 0) is 6.42 Å². The van der Waals surface area contributed by atoms with Crippen LogP contribution in [0.5, 0.6) is 0 Å². The van der Waals surface area contributed by atoms with E-state index in [2.05, 4.69) is 29.8 Å². The molecule has 124 valence electrons. The zero-order valence-corrected chi connectivity index (χ0v) is 15.3. The maximum absolute atomic E-state index is 6.04. The van der Waals surface area contributed by atoms with Crippen LogP contribution < -0.4 is 0 Å². The summed E-state index contributed by atoms with van der Waals surface area (Å²) >= 11 is 6.04. The van der Waals surface area contributed by atoms with Gasteiger partial charge in [0.05, 0.1) is 11.7 Å². The summed E-state index contributed by atoms with van der Waals surface area (Å²) in [6, 6.07) is 8.36. The van der Waals surface area contributed by atoms with E-state index in [0.29, 0.717) is 6.04 Å². The van der Waals surface area contributed by atoms with Crippen molar-refractivity contribution >= 4 is 27.2 Å². The van der Waals surface area contributed by atoms with E-state index in [9.17, 15) is 0 Å². The Labute approximate surface area is 149 Å². The van der Waals surface area contributed by atoms with Gasteiger partial charge in [-0.15, -0.1) is 0 Å². The Balaban J connectivity index is 1.79. The smallest absolute Gasteiger partial charge is 0.101 e. The normalized spacial score (nSPS) is 18.6. The van der Waals surface area contributed by atoms with E-state index in [1.807, 2.05) is 36.7 Å². The number of piperidine rings is 1. The molecule has 3 heterocycles. The number of aromatic nitrogens is 2. The molecule has 2 aliphatic rings. The lowest BCUT2D eigenvalue weighted by molar-refractivity contribution is 0.271. The second kappa shape index (κ2) is 6.79. The van der Waals surface area contributed by atoms with Gasteiger partial charge in [0, 0.05) is 48.1 Å². The summed E-state index contributed by atoms with van der Waals surface area (Å²) in [7, 11) is 2.81. The summed E-state index contributed by atoms with van der Waals surface area (Å²) in [5.41, 5.74) is 4.49. The van der Waals surface area contributed by atoms with Crippen molar-refractivity contribution in [3.05, 3.63) is 52.8 Å². The molecule has 1 atom stereocenters. The fourth-order valence-corrected chi connectivity index (χ4v) is 3.84. The molecule has 1 fully saturated rings. The molecule has 2 aromatic rings. The maximum atomic E-state index is 6.04. The van der Waals surface area contributed by atoms with E-state index in [1.54, 1.807) is 0 Å². The number of rotatable bonds is 2. The van der Waals surface area contributed by atoms with Crippen molar-refractivity contribution in [1.29, 1.82) is 0 Å². The van der Waals surface area contributed by atoms with Crippen LogP contribution in [0.15, 0.2) is 41.5 Å². The molecule has 4 nitrogen and oxygen atoms in total. The number of allylic oxidation sites excluding steroid dienone is 1. The predicted octanol–water partition coefficient (Wildman–Crippen LogP) is 4.12. The summed E-state index contributed by atoms with van der Waals surface area (Å²) < 4.78 is 4.55. The highest BCUT2D eigenvalue weighted by Gasteiger charge is 2.25. The SMILES string of the molecule is PN1CCC(n2nc(-c3ccc(Cl)cc3)c3c2CC=CN=C3)CC1. The van der Waals surface area contributed by atoms with Crippen LogP contribution in [0.1, 0.15) is 30.1 Å². The Bertz CT molecular complexity index is 786. The molecule has 1 aromatic carbocycles. The van der Waals surface area contributed by atoms with Crippen molar-refractivity contribution in [1.82, 2.24) is 14.5 Å². The molecular weight excluding hydrogens is 339 g/mol. The van der Waals surface area contributed by atoms with Gasteiger partial charge in [-0.3, -0.25) is 14.3 Å². The highest BCUT2D eigenvalue weighted by Crippen LogP contribution is 2.32. The third-order valence-electron chi connectivity index (χ3n) is 4.72. The van der Waals surface area contributed by atoms with Gasteiger partial charge in [0.25, 0.3) is 0 Å². The molecule has 6 heteroatoms. The largest absolute Gasteiger partial charge is 0.287 e. The molecule has 0 N–H and O–H groups in total. The first-order valence-electron chi connectivity index (χ1n) is 8.27. The summed E-state index contributed by atoms with van der Waals surface area (Å²) in [5, 5.41) is 5.75. The summed E-state index contributed by atoms with van der Waals surface area (Å²) in [6.45, 7) is 2.17. The van der Waals surface area contributed by atoms with E-state index in [4.69, 9.17) is 16.7 Å². The fraction of sp³-hybridized carbons (Fsp3) is 0.333. The van der Waals surface area contributed by atoms with Crippen LogP contribution in [0.4, 0.5) is 0 Å². The Morgan fingerprint density at radius 3 is 2.62 bits per heavy atom. The summed E-state index contributed by atoms with van der Waals surface area (Å²) in [5.74, 6) is 0. The van der Waals surface area contributed by atoms with Gasteiger partial charge in [-0.2, -0.15) is 5.10 Å². The van der Waals surface area contributed by atoms with Crippen LogP contribution in [0, 0.1) is 0 Å². The lowest BCUT2D eigenvalue weighted by atomic mass is 10.0. The maximum Gasteiger partial charge on any atom is 0.101 e. The van der Waals surface area contributed by atoms with Crippen LogP contribution in [0.2, 0.25) is 5.02 Å². The summed E-state index contributed by atoms with van der Waals surface area (Å²) in [6.07, 6.45) is 9.05. The summed E-state index contributed by atoms with van der Waals surface area (Å²) in [4.78, 5) is 4.39. The third-order valence-corrected chi connectivity index (χ3v) is 5.49. The molecule has 1 saturated heterocycles. The van der Waals surface area contributed by atoms with Gasteiger partial charge >= 0.3 is 0 Å². The van der Waals surface area contributed by atoms with Crippen molar-refractivity contribution in [2.45, 2.75) is 25.3 Å². The standard InChI is InChI=1S/C18H20ClN4P/c19-14-5-3-13(4-6-14)18-16-12-20-9-1-2-17(16)23(21-18)15-7-10-22(24)11-8-15/h1,3-6,9,12,15H,2,7-8,10-11,24H2. The molecule has 0 bridgehead atoms. The molecule has 1 aromatic heterocycles. The van der Waals surface area contributed by atoms with Crippen LogP contribution in [0.25, 0.3) is 11.3 Å². The highest BCUT2D eigenvalue weighted by molar-refractivity contribution is 7.13. The quantitative estimate of drug-likeness (QED) is 0.757. The molecule has 0 radical (unpaired) electrons. The number of hydrogen-bond acceptors (Lipinski definition) is 3. The number of benzene rings is 1. The van der Waals surface area contributed by atoms with Gasteiger partial charge < -0.3 is 0 Å². The fourth-order valence-electron chi connectivity index (χ4n) is 3.42. The lowest BCUT2D eigenvalue weighted by Gasteiger charge is -2.29. The molecular formula is C18H20ClN4P. The molecule has 0 saturated carbocycles. The van der Waals surface area contributed by atoms with Crippen LogP contribution in [-0.4, -0.2) is 33.8 Å². The van der Waals surface area contributed by atoms with E-state index in [0.717, 1.165) is 54.2 Å². The lowest BCUT2D eigenvalue weighted by Crippen LogP contribution is -2.29. The minimum atomic E-state index is 0.455. The molecule has 1 unspecified atom stereocenters. The van der Waals surface area contributed by atoms with E-state index < -0.39 is 0 Å². The van der Waals surface area contributed by atoms with Gasteiger partial charge in [0.1, 0.15) is 5.69 Å². The Hall–Kier alpha value is -1.48. The molecule has 0 aliphatic carbocycles. The average molecular weight is 359 g/mol. The first-order chi connectivity index (χ1) is 11.7. The highest BCUT2D eigenvalue weighted by atomic mass is 35.5. The topological polar surface area (TPSA) is 33.4 Å². The number of fused-ring (bicyclic) bond motifs is 1. The van der Waals surface area contributed by atoms with Gasteiger partial charge in [0.2, 0.25) is 0 Å². The van der Waals surface area contributed by atoms with Crippen molar-refractivity contribution in [3.8, 4) is 11.3 Å². The first-order valence-corrected chi connectivity index (χ1v) is 9.17. The minimum Gasteiger partial charge on any atom is -0.287 e. The second-order valence-electron chi connectivity index (χ2n) is 6.29. The van der Waals surface area contributed by atoms with Crippen molar-refractivity contribution < 1.29 is 0 Å². The van der Waals surface area contributed by atoms with Gasteiger partial charge in [0.15, 0.2) is 0 Å².